The van der Waals surface area contributed by atoms with Gasteiger partial charge in [0.25, 0.3) is 0 Å². The van der Waals surface area contributed by atoms with Crippen molar-refractivity contribution in [3.63, 3.8) is 0 Å². The van der Waals surface area contributed by atoms with Crippen molar-refractivity contribution in [3.8, 4) is 0 Å². The number of methoxy groups -OCH3 is 1. The lowest BCUT2D eigenvalue weighted by Crippen LogP contribution is -2.47. The number of β-amino-alcohol motifs (C(OH)–C–C–N with tert-alkyl or cyclic N) is 1. The van der Waals surface area contributed by atoms with Crippen molar-refractivity contribution in [2.45, 2.75) is 16.8 Å². The lowest BCUT2D eigenvalue weighted by molar-refractivity contribution is 0.133. The molecule has 2 aliphatic heterocycles. The van der Waals surface area contributed by atoms with E-state index in [1.165, 1.54) is 7.11 Å². The van der Waals surface area contributed by atoms with Gasteiger partial charge in [-0.2, -0.15) is 0 Å². The molecule has 31 heavy (non-hydrogen) atoms. The Morgan fingerprint density at radius 2 is 2.03 bits per heavy atom. The number of nitrogens with one attached hydrogen (secondary N) is 1. The van der Waals surface area contributed by atoms with Crippen LogP contribution in [0.15, 0.2) is 17.3 Å². The Bertz CT molecular complexity index is 879. The molecule has 174 valence electrons. The van der Waals surface area contributed by atoms with Gasteiger partial charge in [0, 0.05) is 51.1 Å². The molecule has 8 nitrogen and oxygen atoms in total. The van der Waals surface area contributed by atoms with Gasteiger partial charge in [-0.3, -0.25) is 4.90 Å². The van der Waals surface area contributed by atoms with Gasteiger partial charge in [0.05, 0.1) is 35.5 Å². The van der Waals surface area contributed by atoms with E-state index in [0.29, 0.717) is 23.4 Å². The number of aromatic nitrogens is 2. The van der Waals surface area contributed by atoms with Gasteiger partial charge in [-0.15, -0.1) is 24.8 Å². The quantitative estimate of drug-likeness (QED) is 0.637. The predicted molar refractivity (Wildman–Crippen MR) is 130 cm³/mol. The molecule has 0 saturated carbocycles. The number of fused-ring (bicyclic) bond motifs is 1. The first-order valence-electron chi connectivity index (χ1n) is 9.84. The molecule has 3 heterocycles. The van der Waals surface area contributed by atoms with Crippen LogP contribution in [0.2, 0.25) is 5.02 Å². The highest BCUT2D eigenvalue weighted by Crippen LogP contribution is 2.34. The molecule has 4 rings (SSSR count). The van der Waals surface area contributed by atoms with E-state index < -0.39 is 0 Å². The molecule has 2 aromatic rings. The molecule has 2 fully saturated rings. The number of halogens is 3. The molecule has 0 spiro atoms. The van der Waals surface area contributed by atoms with Crippen LogP contribution in [-0.2, 0) is 4.74 Å². The second-order valence-corrected chi connectivity index (χ2v) is 9.06. The minimum Gasteiger partial charge on any atom is -0.453 e. The van der Waals surface area contributed by atoms with Crippen LogP contribution >= 0.6 is 48.2 Å². The minimum absolute atomic E-state index is 0. The first-order valence-corrected chi connectivity index (χ1v) is 11.1. The number of likely N-dealkylation sites (tertiary alicyclic amines) is 1. The van der Waals surface area contributed by atoms with Gasteiger partial charge in [0.2, 0.25) is 0 Å². The number of H-pyrrole nitrogens is 1. The first-order chi connectivity index (χ1) is 14.1. The molecule has 0 radical (unpaired) electrons. The van der Waals surface area contributed by atoms with Gasteiger partial charge in [-0.05, 0) is 18.6 Å². The number of ether oxygens (including phenoxy) is 1. The summed E-state index contributed by atoms with van der Waals surface area (Å²) in [6.45, 7) is 5.87. The van der Waals surface area contributed by atoms with Crippen LogP contribution in [-0.4, -0.2) is 95.7 Å². The van der Waals surface area contributed by atoms with Gasteiger partial charge in [0.15, 0.2) is 5.16 Å². The third kappa shape index (κ3) is 6.03. The summed E-state index contributed by atoms with van der Waals surface area (Å²) in [5.41, 5.74) is 2.82. The maximum absolute atomic E-state index is 11.7. The van der Waals surface area contributed by atoms with Crippen LogP contribution in [0.5, 0.6) is 0 Å². The number of benzene rings is 1. The van der Waals surface area contributed by atoms with Crippen LogP contribution in [0, 0.1) is 0 Å². The standard InChI is InChI=1S/C19H26ClN5O3S.2ClH/c1-28-19(27)25-3-2-13(12-25)29-18-21-15-10-14(20)17(11-16(15)22-18)24-6-4-23(5-7-24)8-9-26;;/h10-11,13,26H,2-9,12H2,1H3,(H,21,22);2*1H. The van der Waals surface area contributed by atoms with E-state index in [-0.39, 0.29) is 37.5 Å². The first kappa shape index (κ1) is 26.2. The number of rotatable bonds is 5. The maximum Gasteiger partial charge on any atom is 0.409 e. The van der Waals surface area contributed by atoms with Crippen LogP contribution in [0.25, 0.3) is 11.0 Å². The van der Waals surface area contributed by atoms with E-state index in [9.17, 15) is 4.79 Å². The van der Waals surface area contributed by atoms with Gasteiger partial charge in [-0.25, -0.2) is 9.78 Å². The zero-order chi connectivity index (χ0) is 20.4. The number of aromatic amines is 1. The zero-order valence-electron chi connectivity index (χ0n) is 17.3. The molecule has 2 N–H and O–H groups in total. The number of hydrogen-bond acceptors (Lipinski definition) is 7. The fourth-order valence-electron chi connectivity index (χ4n) is 3.93. The minimum atomic E-state index is -0.270. The summed E-state index contributed by atoms with van der Waals surface area (Å²) >= 11 is 8.23. The average Bonchev–Trinajstić information content (AvgIpc) is 3.34. The molecule has 2 aliphatic rings. The fourth-order valence-corrected chi connectivity index (χ4v) is 5.32. The highest BCUT2D eigenvalue weighted by molar-refractivity contribution is 7.99. The smallest absolute Gasteiger partial charge is 0.409 e. The molecule has 12 heteroatoms. The zero-order valence-corrected chi connectivity index (χ0v) is 20.5. The second kappa shape index (κ2) is 11.7. The SMILES string of the molecule is COC(=O)N1CCC(Sc2nc3cc(N4CCN(CCO)CC4)c(Cl)cc3[nH]2)C1.Cl.Cl. The summed E-state index contributed by atoms with van der Waals surface area (Å²) < 4.78 is 4.80. The summed E-state index contributed by atoms with van der Waals surface area (Å²) in [6, 6.07) is 3.99. The average molecular weight is 513 g/mol. The van der Waals surface area contributed by atoms with E-state index in [0.717, 1.165) is 61.0 Å². The topological polar surface area (TPSA) is 84.9 Å². The van der Waals surface area contributed by atoms with E-state index in [4.69, 9.17) is 26.4 Å². The van der Waals surface area contributed by atoms with E-state index in [1.807, 2.05) is 6.07 Å². The maximum atomic E-state index is 11.7. The molecule has 1 atom stereocenters. The monoisotopic (exact) mass is 511 g/mol. The summed E-state index contributed by atoms with van der Waals surface area (Å²) in [5.74, 6) is 0. The van der Waals surface area contributed by atoms with Gasteiger partial charge in [-0.1, -0.05) is 23.4 Å². The molecule has 1 aromatic heterocycles. The van der Waals surface area contributed by atoms with Crippen molar-refractivity contribution in [2.75, 3.05) is 64.4 Å². The number of amides is 1. The number of aliphatic hydroxyl groups is 1. The highest BCUT2D eigenvalue weighted by Gasteiger charge is 2.28. The second-order valence-electron chi connectivity index (χ2n) is 7.36. The summed E-state index contributed by atoms with van der Waals surface area (Å²) in [6.07, 6.45) is 0.647. The largest absolute Gasteiger partial charge is 0.453 e. The Labute approximate surface area is 203 Å². The number of anilines is 1. The number of imidazole rings is 1. The molecule has 1 unspecified atom stereocenters. The number of piperazine rings is 1. The summed E-state index contributed by atoms with van der Waals surface area (Å²) in [4.78, 5) is 26.0. The molecular formula is C19H28Cl3N5O3S. The van der Waals surface area contributed by atoms with E-state index >= 15 is 0 Å². The van der Waals surface area contributed by atoms with Gasteiger partial charge in [0.1, 0.15) is 0 Å². The normalized spacial score (nSPS) is 19.3. The lowest BCUT2D eigenvalue weighted by Gasteiger charge is -2.36. The third-order valence-electron chi connectivity index (χ3n) is 5.51. The van der Waals surface area contributed by atoms with Crippen LogP contribution in [0.1, 0.15) is 6.42 Å². The summed E-state index contributed by atoms with van der Waals surface area (Å²) in [5, 5.41) is 11.0. The number of hydrogen-bond donors (Lipinski definition) is 2. The Morgan fingerprint density at radius 3 is 2.71 bits per heavy atom. The Kier molecular flexibility index (Phi) is 9.85. The van der Waals surface area contributed by atoms with Crippen molar-refractivity contribution in [1.82, 2.24) is 19.8 Å². The number of aliphatic hydroxyl groups excluding tert-OH is 1. The van der Waals surface area contributed by atoms with Crippen molar-refractivity contribution in [1.29, 1.82) is 0 Å². The van der Waals surface area contributed by atoms with E-state index in [1.54, 1.807) is 16.7 Å². The molecule has 2 saturated heterocycles. The Hall–Kier alpha value is -1.10. The molecule has 0 aliphatic carbocycles. The number of thioether (sulfide) groups is 1. The molecule has 0 bridgehead atoms. The van der Waals surface area contributed by atoms with Crippen LogP contribution in [0.3, 0.4) is 0 Å². The van der Waals surface area contributed by atoms with Crippen molar-refractivity contribution >= 4 is 71.0 Å². The number of carbonyl (C=O) groups excluding carboxylic acids is 1. The summed E-state index contributed by atoms with van der Waals surface area (Å²) in [7, 11) is 1.41. The number of nitrogens with zero attached hydrogens (tertiary/aromatic N) is 4. The van der Waals surface area contributed by atoms with E-state index in [2.05, 4.69) is 20.9 Å². The van der Waals surface area contributed by atoms with Crippen LogP contribution in [0.4, 0.5) is 10.5 Å². The van der Waals surface area contributed by atoms with Crippen molar-refractivity contribution in [3.05, 3.63) is 17.2 Å². The Balaban J connectivity index is 0.00000171. The number of carbonyl (C=O) groups is 1. The predicted octanol–water partition coefficient (Wildman–Crippen LogP) is 3.11. The molecule has 1 amide bonds. The molecular weight excluding hydrogens is 485 g/mol. The fraction of sp³-hybridized carbons (Fsp3) is 0.579. The Morgan fingerprint density at radius 1 is 1.29 bits per heavy atom. The van der Waals surface area contributed by atoms with Crippen LogP contribution < -0.4 is 4.90 Å². The van der Waals surface area contributed by atoms with Gasteiger partial charge >= 0.3 is 6.09 Å². The highest BCUT2D eigenvalue weighted by atomic mass is 35.5. The van der Waals surface area contributed by atoms with Crippen molar-refractivity contribution < 1.29 is 14.6 Å². The van der Waals surface area contributed by atoms with Crippen molar-refractivity contribution in [2.24, 2.45) is 0 Å². The molecule has 1 aromatic carbocycles. The van der Waals surface area contributed by atoms with Gasteiger partial charge < -0.3 is 24.6 Å². The third-order valence-corrected chi connectivity index (χ3v) is 6.95. The lowest BCUT2D eigenvalue weighted by atomic mass is 10.2.